The summed E-state index contributed by atoms with van der Waals surface area (Å²) in [5, 5.41) is 3.03. The van der Waals surface area contributed by atoms with Crippen LogP contribution in [0.4, 0.5) is 0 Å². The molecular formula is C23H29N3O3. The zero-order valence-electron chi connectivity index (χ0n) is 17.4. The maximum atomic E-state index is 12.3. The van der Waals surface area contributed by atoms with Gasteiger partial charge < -0.3 is 14.6 Å². The molecule has 0 aliphatic heterocycles. The molecule has 0 radical (unpaired) electrons. The molecule has 0 saturated heterocycles. The van der Waals surface area contributed by atoms with E-state index in [0.29, 0.717) is 31.5 Å². The average molecular weight is 396 g/mol. The fraction of sp³-hybridized carbons (Fsp3) is 0.391. The van der Waals surface area contributed by atoms with Gasteiger partial charge in [0.05, 0.1) is 11.6 Å². The number of benzene rings is 2. The maximum absolute atomic E-state index is 12.3. The number of amides is 1. The smallest absolute Gasteiger partial charge is 0.408 e. The number of fused-ring (bicyclic) bond motifs is 1. The Bertz CT molecular complexity index is 1000. The molecule has 6 heteroatoms. The summed E-state index contributed by atoms with van der Waals surface area (Å²) in [6.07, 6.45) is 1.95. The van der Waals surface area contributed by atoms with Crippen molar-refractivity contribution in [3.05, 3.63) is 70.2 Å². The first kappa shape index (κ1) is 20.9. The predicted octanol–water partition coefficient (Wildman–Crippen LogP) is 3.36. The van der Waals surface area contributed by atoms with Gasteiger partial charge in [0.25, 0.3) is 0 Å². The number of nitrogens with zero attached hydrogens (tertiary/aromatic N) is 2. The normalized spacial score (nSPS) is 12.4. The van der Waals surface area contributed by atoms with Crippen molar-refractivity contribution in [1.29, 1.82) is 0 Å². The minimum Gasteiger partial charge on any atom is -0.408 e. The highest BCUT2D eigenvalue weighted by Gasteiger charge is 2.15. The Labute approximate surface area is 171 Å². The van der Waals surface area contributed by atoms with Crippen molar-refractivity contribution in [3.8, 4) is 0 Å². The number of carbonyl (C=O) groups excluding carboxylic acids is 1. The third kappa shape index (κ3) is 5.15. The molecule has 1 heterocycles. The lowest BCUT2D eigenvalue weighted by Gasteiger charge is -2.25. The minimum atomic E-state index is -0.380. The first-order valence-electron chi connectivity index (χ1n) is 10.1. The van der Waals surface area contributed by atoms with E-state index in [1.165, 1.54) is 11.1 Å². The van der Waals surface area contributed by atoms with Crippen LogP contribution in [-0.2, 0) is 17.8 Å². The standard InChI is InChI=1S/C23H29N3O3/c1-4-17-11-13-18(14-12-17)20(25(2)3)16-24-22(27)10-7-15-26-19-8-5-6-9-21(19)29-23(26)28/h5-6,8-9,11-14,20H,4,7,10,15-16H2,1-3H3,(H,24,27). The third-order valence-electron chi connectivity index (χ3n) is 5.25. The summed E-state index contributed by atoms with van der Waals surface area (Å²) >= 11 is 0. The number of oxazole rings is 1. The van der Waals surface area contributed by atoms with Crippen LogP contribution in [0.25, 0.3) is 11.1 Å². The summed E-state index contributed by atoms with van der Waals surface area (Å²) < 4.78 is 6.81. The van der Waals surface area contributed by atoms with Crippen molar-refractivity contribution in [1.82, 2.24) is 14.8 Å². The second-order valence-electron chi connectivity index (χ2n) is 7.47. The highest BCUT2D eigenvalue weighted by Crippen LogP contribution is 2.18. The van der Waals surface area contributed by atoms with E-state index in [0.717, 1.165) is 11.9 Å². The van der Waals surface area contributed by atoms with Gasteiger partial charge in [-0.05, 0) is 50.2 Å². The zero-order chi connectivity index (χ0) is 20.8. The van der Waals surface area contributed by atoms with Crippen molar-refractivity contribution in [2.75, 3.05) is 20.6 Å². The Kier molecular flexibility index (Phi) is 6.88. The van der Waals surface area contributed by atoms with E-state index in [-0.39, 0.29) is 17.7 Å². The van der Waals surface area contributed by atoms with Crippen LogP contribution in [0.5, 0.6) is 0 Å². The Balaban J connectivity index is 1.52. The number of nitrogens with one attached hydrogen (secondary N) is 1. The van der Waals surface area contributed by atoms with Crippen LogP contribution in [0.3, 0.4) is 0 Å². The number of para-hydroxylation sites is 2. The number of aromatic nitrogens is 1. The molecule has 0 bridgehead atoms. The van der Waals surface area contributed by atoms with Gasteiger partial charge in [-0.15, -0.1) is 0 Å². The minimum absolute atomic E-state index is 0.0112. The first-order chi connectivity index (χ1) is 14.0. The molecule has 154 valence electrons. The predicted molar refractivity (Wildman–Crippen MR) is 115 cm³/mol. The van der Waals surface area contributed by atoms with E-state index < -0.39 is 0 Å². The van der Waals surface area contributed by atoms with Crippen molar-refractivity contribution in [2.24, 2.45) is 0 Å². The molecule has 1 N–H and O–H groups in total. The molecule has 1 atom stereocenters. The summed E-state index contributed by atoms with van der Waals surface area (Å²) in [5.74, 6) is -0.391. The van der Waals surface area contributed by atoms with Gasteiger partial charge in [-0.25, -0.2) is 4.79 Å². The Morgan fingerprint density at radius 2 is 1.86 bits per heavy atom. The molecule has 0 aliphatic rings. The molecule has 0 saturated carbocycles. The third-order valence-corrected chi connectivity index (χ3v) is 5.25. The molecule has 3 rings (SSSR count). The van der Waals surface area contributed by atoms with Crippen LogP contribution in [0.2, 0.25) is 0 Å². The molecule has 29 heavy (non-hydrogen) atoms. The fourth-order valence-corrected chi connectivity index (χ4v) is 3.50. The molecule has 1 aromatic heterocycles. The summed E-state index contributed by atoms with van der Waals surface area (Å²) in [6, 6.07) is 16.0. The van der Waals surface area contributed by atoms with Gasteiger partial charge in [-0.3, -0.25) is 9.36 Å². The van der Waals surface area contributed by atoms with Crippen molar-refractivity contribution in [2.45, 2.75) is 38.8 Å². The van der Waals surface area contributed by atoms with Crippen LogP contribution < -0.4 is 11.1 Å². The van der Waals surface area contributed by atoms with Gasteiger partial charge in [0.1, 0.15) is 0 Å². The highest BCUT2D eigenvalue weighted by atomic mass is 16.4. The molecule has 6 nitrogen and oxygen atoms in total. The van der Waals surface area contributed by atoms with E-state index in [1.807, 2.05) is 32.3 Å². The lowest BCUT2D eigenvalue weighted by molar-refractivity contribution is -0.121. The summed E-state index contributed by atoms with van der Waals surface area (Å²) in [4.78, 5) is 26.4. The molecule has 2 aromatic carbocycles. The van der Waals surface area contributed by atoms with Gasteiger partial charge >= 0.3 is 5.76 Å². The van der Waals surface area contributed by atoms with Gasteiger partial charge in [0, 0.05) is 19.5 Å². The van der Waals surface area contributed by atoms with Crippen LogP contribution in [0, 0.1) is 0 Å². The topological polar surface area (TPSA) is 67.5 Å². The van der Waals surface area contributed by atoms with E-state index in [4.69, 9.17) is 4.42 Å². The highest BCUT2D eigenvalue weighted by molar-refractivity contribution is 5.76. The van der Waals surface area contributed by atoms with Crippen LogP contribution in [-0.4, -0.2) is 36.0 Å². The maximum Gasteiger partial charge on any atom is 0.419 e. The van der Waals surface area contributed by atoms with Gasteiger partial charge in [-0.1, -0.05) is 43.3 Å². The lowest BCUT2D eigenvalue weighted by atomic mass is 10.0. The molecule has 1 amide bonds. The van der Waals surface area contributed by atoms with E-state index in [1.54, 1.807) is 10.6 Å². The second kappa shape index (κ2) is 9.56. The van der Waals surface area contributed by atoms with E-state index in [2.05, 4.69) is 41.4 Å². The van der Waals surface area contributed by atoms with Crippen molar-refractivity contribution in [3.63, 3.8) is 0 Å². The Hall–Kier alpha value is -2.86. The van der Waals surface area contributed by atoms with E-state index >= 15 is 0 Å². The molecule has 0 spiro atoms. The molecule has 1 unspecified atom stereocenters. The Morgan fingerprint density at radius 3 is 2.55 bits per heavy atom. The first-order valence-corrected chi connectivity index (χ1v) is 10.1. The average Bonchev–Trinajstić information content (AvgIpc) is 3.03. The molecular weight excluding hydrogens is 366 g/mol. The number of hydrogen-bond acceptors (Lipinski definition) is 4. The lowest BCUT2D eigenvalue weighted by Crippen LogP contribution is -2.34. The van der Waals surface area contributed by atoms with Crippen LogP contribution in [0.1, 0.15) is 36.9 Å². The Morgan fingerprint density at radius 1 is 1.14 bits per heavy atom. The number of likely N-dealkylation sites (N-methyl/N-ethyl adjacent to an activating group) is 1. The van der Waals surface area contributed by atoms with Crippen molar-refractivity contribution < 1.29 is 9.21 Å². The van der Waals surface area contributed by atoms with Crippen LogP contribution in [0.15, 0.2) is 57.7 Å². The summed E-state index contributed by atoms with van der Waals surface area (Å²) in [7, 11) is 4.03. The number of carbonyl (C=O) groups is 1. The fourth-order valence-electron chi connectivity index (χ4n) is 3.50. The molecule has 3 aromatic rings. The largest absolute Gasteiger partial charge is 0.419 e. The van der Waals surface area contributed by atoms with E-state index in [9.17, 15) is 9.59 Å². The second-order valence-corrected chi connectivity index (χ2v) is 7.47. The summed E-state index contributed by atoms with van der Waals surface area (Å²) in [6.45, 7) is 3.14. The molecule has 0 fully saturated rings. The number of rotatable bonds is 9. The van der Waals surface area contributed by atoms with Gasteiger partial charge in [0.15, 0.2) is 5.58 Å². The number of hydrogen-bond donors (Lipinski definition) is 1. The molecule has 0 aliphatic carbocycles. The van der Waals surface area contributed by atoms with Gasteiger partial charge in [0.2, 0.25) is 5.91 Å². The zero-order valence-corrected chi connectivity index (χ0v) is 17.4. The van der Waals surface area contributed by atoms with Crippen molar-refractivity contribution >= 4 is 17.0 Å². The quantitative estimate of drug-likeness (QED) is 0.603. The monoisotopic (exact) mass is 395 g/mol. The number of aryl methyl sites for hydroxylation is 2. The van der Waals surface area contributed by atoms with Gasteiger partial charge in [-0.2, -0.15) is 0 Å². The van der Waals surface area contributed by atoms with Crippen LogP contribution >= 0.6 is 0 Å². The summed E-state index contributed by atoms with van der Waals surface area (Å²) in [5.41, 5.74) is 3.83. The SMILES string of the molecule is CCc1ccc(C(CNC(=O)CCCn2c(=O)oc3ccccc32)N(C)C)cc1.